The van der Waals surface area contributed by atoms with E-state index in [1.807, 2.05) is 41.5 Å². The highest BCUT2D eigenvalue weighted by molar-refractivity contribution is 5.55. The SMILES string of the molecule is CC(C)(C)/[N+]([O-])=C/CCC/C=[N+](\[O-])C(C)(C)C. The minimum atomic E-state index is -0.375. The van der Waals surface area contributed by atoms with E-state index in [1.54, 1.807) is 12.4 Å². The molecular formula is C13H26N2O2. The van der Waals surface area contributed by atoms with Gasteiger partial charge in [0.25, 0.3) is 0 Å². The molecule has 0 aromatic carbocycles. The zero-order chi connectivity index (χ0) is 13.7. The van der Waals surface area contributed by atoms with E-state index >= 15 is 0 Å². The van der Waals surface area contributed by atoms with Crippen molar-refractivity contribution in [3.8, 4) is 0 Å². The molecule has 0 radical (unpaired) electrons. The standard InChI is InChI=1S/C13H26N2O2/c1-12(2,3)14(16)10-8-7-9-11-15(17)13(4,5)6/h10-11H,7-9H2,1-6H3/b14-10-,15-11-. The molecule has 0 saturated carbocycles. The molecule has 0 amide bonds. The fraction of sp³-hybridized carbons (Fsp3) is 0.846. The number of hydrogen-bond donors (Lipinski definition) is 0. The molecule has 0 aliphatic carbocycles. The largest absolute Gasteiger partial charge is 0.624 e. The lowest BCUT2D eigenvalue weighted by molar-refractivity contribution is -0.532. The van der Waals surface area contributed by atoms with Gasteiger partial charge < -0.3 is 10.4 Å². The number of hydrogen-bond acceptors (Lipinski definition) is 2. The second kappa shape index (κ2) is 6.03. The van der Waals surface area contributed by atoms with Crippen molar-refractivity contribution in [2.24, 2.45) is 0 Å². The van der Waals surface area contributed by atoms with Crippen molar-refractivity contribution in [1.29, 1.82) is 0 Å². The van der Waals surface area contributed by atoms with Crippen LogP contribution in [0.25, 0.3) is 0 Å². The van der Waals surface area contributed by atoms with Crippen LogP contribution in [0.5, 0.6) is 0 Å². The lowest BCUT2D eigenvalue weighted by Crippen LogP contribution is -2.29. The number of hydroxylamine groups is 2. The maximum Gasteiger partial charge on any atom is 0.164 e. The fourth-order valence-corrected chi connectivity index (χ4v) is 1.08. The van der Waals surface area contributed by atoms with Gasteiger partial charge in [-0.3, -0.25) is 0 Å². The van der Waals surface area contributed by atoms with Crippen LogP contribution in [0.2, 0.25) is 0 Å². The lowest BCUT2D eigenvalue weighted by atomic mass is 10.1. The molecule has 0 heterocycles. The van der Waals surface area contributed by atoms with Crippen LogP contribution in [0.3, 0.4) is 0 Å². The van der Waals surface area contributed by atoms with Gasteiger partial charge in [0.2, 0.25) is 0 Å². The number of unbranched alkanes of at least 4 members (excludes halogenated alkanes) is 2. The highest BCUT2D eigenvalue weighted by Gasteiger charge is 2.18. The molecule has 0 bridgehead atoms. The minimum absolute atomic E-state index is 0.375. The third-order valence-electron chi connectivity index (χ3n) is 2.32. The summed E-state index contributed by atoms with van der Waals surface area (Å²) in [6, 6.07) is 0. The van der Waals surface area contributed by atoms with Gasteiger partial charge in [0, 0.05) is 54.4 Å². The van der Waals surface area contributed by atoms with Gasteiger partial charge in [0.1, 0.15) is 0 Å². The Kier molecular flexibility index (Phi) is 5.66. The Balaban J connectivity index is 4.04. The summed E-state index contributed by atoms with van der Waals surface area (Å²) in [5.74, 6) is 0. The van der Waals surface area contributed by atoms with E-state index < -0.39 is 0 Å². The van der Waals surface area contributed by atoms with Crippen LogP contribution in [-0.4, -0.2) is 33.0 Å². The van der Waals surface area contributed by atoms with E-state index in [-0.39, 0.29) is 11.1 Å². The first-order chi connectivity index (χ1) is 7.55. The van der Waals surface area contributed by atoms with Crippen LogP contribution in [0, 0.1) is 10.4 Å². The van der Waals surface area contributed by atoms with Crippen molar-refractivity contribution in [3.05, 3.63) is 10.4 Å². The maximum atomic E-state index is 11.5. The summed E-state index contributed by atoms with van der Waals surface area (Å²) < 4.78 is 1.96. The van der Waals surface area contributed by atoms with Crippen LogP contribution in [0.4, 0.5) is 0 Å². The van der Waals surface area contributed by atoms with Crippen molar-refractivity contribution in [2.75, 3.05) is 0 Å². The molecule has 0 unspecified atom stereocenters. The first kappa shape index (κ1) is 15.9. The Hall–Kier alpha value is -1.06. The molecular weight excluding hydrogens is 216 g/mol. The quantitative estimate of drug-likeness (QED) is 0.250. The van der Waals surface area contributed by atoms with Crippen LogP contribution in [-0.2, 0) is 0 Å². The molecule has 0 aromatic heterocycles. The van der Waals surface area contributed by atoms with E-state index in [4.69, 9.17) is 0 Å². The Morgan fingerprint density at radius 1 is 0.765 bits per heavy atom. The summed E-state index contributed by atoms with van der Waals surface area (Å²) in [4.78, 5) is 0. The monoisotopic (exact) mass is 242 g/mol. The summed E-state index contributed by atoms with van der Waals surface area (Å²) in [6.45, 7) is 11.3. The molecule has 0 aliphatic heterocycles. The van der Waals surface area contributed by atoms with Crippen LogP contribution in [0.1, 0.15) is 60.8 Å². The van der Waals surface area contributed by atoms with Gasteiger partial charge in [0.05, 0.1) is 0 Å². The molecule has 0 saturated heterocycles. The van der Waals surface area contributed by atoms with Gasteiger partial charge in [-0.15, -0.1) is 0 Å². The van der Waals surface area contributed by atoms with Gasteiger partial charge >= 0.3 is 0 Å². The topological polar surface area (TPSA) is 52.1 Å². The van der Waals surface area contributed by atoms with Crippen molar-refractivity contribution >= 4 is 12.4 Å². The molecule has 100 valence electrons. The normalized spacial score (nSPS) is 15.2. The van der Waals surface area contributed by atoms with Gasteiger partial charge in [-0.1, -0.05) is 0 Å². The second-order valence-corrected chi connectivity index (χ2v) is 6.29. The molecule has 0 fully saturated rings. The molecule has 0 spiro atoms. The molecule has 4 nitrogen and oxygen atoms in total. The Bertz CT molecular complexity index is 264. The fourth-order valence-electron chi connectivity index (χ4n) is 1.08. The van der Waals surface area contributed by atoms with Crippen molar-refractivity contribution < 1.29 is 9.48 Å². The van der Waals surface area contributed by atoms with Gasteiger partial charge in [-0.25, -0.2) is 9.48 Å². The predicted octanol–water partition coefficient (Wildman–Crippen LogP) is 2.92. The maximum absolute atomic E-state index is 11.5. The van der Waals surface area contributed by atoms with Gasteiger partial charge in [0.15, 0.2) is 23.5 Å². The summed E-state index contributed by atoms with van der Waals surface area (Å²) in [6.07, 6.45) is 5.54. The highest BCUT2D eigenvalue weighted by atomic mass is 16.5. The Labute approximate surface area is 105 Å². The highest BCUT2D eigenvalue weighted by Crippen LogP contribution is 2.06. The first-order valence-electron chi connectivity index (χ1n) is 6.15. The second-order valence-electron chi connectivity index (χ2n) is 6.29. The van der Waals surface area contributed by atoms with E-state index in [0.29, 0.717) is 12.8 Å². The summed E-state index contributed by atoms with van der Waals surface area (Å²) in [7, 11) is 0. The Morgan fingerprint density at radius 3 is 1.29 bits per heavy atom. The van der Waals surface area contributed by atoms with E-state index in [9.17, 15) is 10.4 Å². The molecule has 0 aliphatic rings. The molecule has 0 N–H and O–H groups in total. The minimum Gasteiger partial charge on any atom is -0.624 e. The summed E-state index contributed by atoms with van der Waals surface area (Å²) >= 11 is 0. The zero-order valence-electron chi connectivity index (χ0n) is 12.0. The van der Waals surface area contributed by atoms with Crippen molar-refractivity contribution in [1.82, 2.24) is 0 Å². The molecule has 0 atom stereocenters. The molecule has 17 heavy (non-hydrogen) atoms. The predicted molar refractivity (Wildman–Crippen MR) is 72.7 cm³/mol. The average Bonchev–Trinajstić information content (AvgIpc) is 2.13. The van der Waals surface area contributed by atoms with E-state index in [1.165, 1.54) is 0 Å². The number of nitrogens with zero attached hydrogens (tertiary/aromatic N) is 2. The molecule has 4 heteroatoms. The average molecular weight is 242 g/mol. The molecule has 0 rings (SSSR count). The van der Waals surface area contributed by atoms with Crippen molar-refractivity contribution in [2.45, 2.75) is 71.9 Å². The zero-order valence-corrected chi connectivity index (χ0v) is 12.0. The van der Waals surface area contributed by atoms with Gasteiger partial charge in [-0.2, -0.15) is 0 Å². The molecule has 0 aromatic rings. The van der Waals surface area contributed by atoms with E-state index in [2.05, 4.69) is 0 Å². The van der Waals surface area contributed by atoms with Crippen LogP contribution < -0.4 is 0 Å². The lowest BCUT2D eigenvalue weighted by Gasteiger charge is -2.19. The Morgan fingerprint density at radius 2 is 1.06 bits per heavy atom. The van der Waals surface area contributed by atoms with E-state index in [0.717, 1.165) is 15.9 Å². The van der Waals surface area contributed by atoms with Gasteiger partial charge in [-0.05, 0) is 6.42 Å². The van der Waals surface area contributed by atoms with Crippen LogP contribution >= 0.6 is 0 Å². The van der Waals surface area contributed by atoms with Crippen molar-refractivity contribution in [3.63, 3.8) is 0 Å². The summed E-state index contributed by atoms with van der Waals surface area (Å²) in [5.41, 5.74) is -0.751. The third kappa shape index (κ3) is 6.97. The van der Waals surface area contributed by atoms with Crippen LogP contribution in [0.15, 0.2) is 0 Å². The number of rotatable bonds is 4. The smallest absolute Gasteiger partial charge is 0.164 e. The first-order valence-corrected chi connectivity index (χ1v) is 6.15. The third-order valence-corrected chi connectivity index (χ3v) is 2.32. The summed E-state index contributed by atoms with van der Waals surface area (Å²) in [5, 5.41) is 23.0.